The number of fused-ring (bicyclic) bond motifs is 1. The molecule has 0 unspecified atom stereocenters. The number of hydrogen-bond acceptors (Lipinski definition) is 6. The standard InChI is InChI=1S/C27H24F3N5O4/c1-15-14-34-24(22(13-32-34)25(36)33-19-5-8-23(38-2)18(9-19)12-31)26(37)35(15)20-6-3-16(4-7-20)17-10-21(11-17)39-27(28,29)30/h3-9,13,15,17,21H,10-11,14H2,1-2H3,(H,33,36)/t15-,17?,21?/m0/s1. The van der Waals surface area contributed by atoms with Crippen LogP contribution in [0.4, 0.5) is 24.5 Å². The molecule has 1 saturated carbocycles. The van der Waals surface area contributed by atoms with E-state index in [-0.39, 0.29) is 41.6 Å². The number of nitrogens with zero attached hydrogens (tertiary/aromatic N) is 4. The molecule has 0 bridgehead atoms. The average Bonchev–Trinajstić information content (AvgIpc) is 3.30. The molecule has 0 radical (unpaired) electrons. The number of ether oxygens (including phenoxy) is 2. The predicted molar refractivity (Wildman–Crippen MR) is 134 cm³/mol. The first-order chi connectivity index (χ1) is 18.6. The van der Waals surface area contributed by atoms with Crippen LogP contribution in [-0.4, -0.2) is 47.2 Å². The summed E-state index contributed by atoms with van der Waals surface area (Å²) in [5.74, 6) is -0.629. The van der Waals surface area contributed by atoms with E-state index >= 15 is 0 Å². The van der Waals surface area contributed by atoms with Crippen LogP contribution in [0, 0.1) is 11.3 Å². The quantitative estimate of drug-likeness (QED) is 0.480. The molecule has 1 aliphatic heterocycles. The second kappa shape index (κ2) is 10.1. The van der Waals surface area contributed by atoms with E-state index in [1.165, 1.54) is 24.1 Å². The molecule has 3 aromatic rings. The average molecular weight is 540 g/mol. The van der Waals surface area contributed by atoms with Gasteiger partial charge in [0.2, 0.25) is 0 Å². The molecule has 2 aromatic carbocycles. The summed E-state index contributed by atoms with van der Waals surface area (Å²) in [5, 5.41) is 16.3. The summed E-state index contributed by atoms with van der Waals surface area (Å²) in [4.78, 5) is 28.3. The van der Waals surface area contributed by atoms with Crippen molar-refractivity contribution in [2.24, 2.45) is 0 Å². The second-order valence-electron chi connectivity index (χ2n) is 9.54. The Bertz CT molecular complexity index is 1460. The van der Waals surface area contributed by atoms with Crippen molar-refractivity contribution in [3.05, 3.63) is 71.0 Å². The van der Waals surface area contributed by atoms with Crippen LogP contribution < -0.4 is 15.0 Å². The van der Waals surface area contributed by atoms with Gasteiger partial charge in [-0.3, -0.25) is 19.0 Å². The molecule has 12 heteroatoms. The first-order valence-electron chi connectivity index (χ1n) is 12.2. The van der Waals surface area contributed by atoms with Gasteiger partial charge in [0.1, 0.15) is 17.5 Å². The molecule has 2 amide bonds. The third kappa shape index (κ3) is 5.18. The van der Waals surface area contributed by atoms with Crippen LogP contribution in [-0.2, 0) is 11.3 Å². The molecular formula is C27H24F3N5O4. The topological polar surface area (TPSA) is 109 Å². The van der Waals surface area contributed by atoms with Crippen molar-refractivity contribution in [1.82, 2.24) is 9.78 Å². The number of alkyl halides is 3. The van der Waals surface area contributed by atoms with E-state index in [1.807, 2.05) is 13.0 Å². The maximum atomic E-state index is 13.6. The van der Waals surface area contributed by atoms with Gasteiger partial charge in [0.15, 0.2) is 0 Å². The number of hydrogen-bond donors (Lipinski definition) is 1. The molecule has 0 saturated heterocycles. The first kappa shape index (κ1) is 26.2. The highest BCUT2D eigenvalue weighted by molar-refractivity contribution is 6.15. The van der Waals surface area contributed by atoms with Crippen LogP contribution in [0.1, 0.15) is 57.7 Å². The van der Waals surface area contributed by atoms with Gasteiger partial charge in [-0.15, -0.1) is 13.2 Å². The Morgan fingerprint density at radius 3 is 2.54 bits per heavy atom. The smallest absolute Gasteiger partial charge is 0.495 e. The Balaban J connectivity index is 1.32. The van der Waals surface area contributed by atoms with Gasteiger partial charge < -0.3 is 15.0 Å². The van der Waals surface area contributed by atoms with E-state index in [1.54, 1.807) is 41.3 Å². The molecule has 1 aromatic heterocycles. The molecule has 5 rings (SSSR count). The Hall–Kier alpha value is -4.37. The number of carbonyl (C=O) groups excluding carboxylic acids is 2. The summed E-state index contributed by atoms with van der Waals surface area (Å²) >= 11 is 0. The number of benzene rings is 2. The van der Waals surface area contributed by atoms with Gasteiger partial charge in [0.25, 0.3) is 11.8 Å². The molecular weight excluding hydrogens is 515 g/mol. The molecule has 39 heavy (non-hydrogen) atoms. The van der Waals surface area contributed by atoms with Crippen LogP contribution in [0.5, 0.6) is 5.75 Å². The molecule has 1 aliphatic carbocycles. The SMILES string of the molecule is COc1ccc(NC(=O)c2cnn3c2C(=O)N(c2ccc(C4CC(OC(F)(F)F)C4)cc2)[C@@H](C)C3)cc1C#N. The fourth-order valence-corrected chi connectivity index (χ4v) is 5.04. The molecule has 1 atom stereocenters. The Kier molecular flexibility index (Phi) is 6.78. The van der Waals surface area contributed by atoms with E-state index in [9.17, 15) is 28.0 Å². The van der Waals surface area contributed by atoms with Crippen LogP contribution in [0.2, 0.25) is 0 Å². The van der Waals surface area contributed by atoms with Gasteiger partial charge >= 0.3 is 6.36 Å². The lowest BCUT2D eigenvalue weighted by Crippen LogP contribution is -2.47. The highest BCUT2D eigenvalue weighted by Gasteiger charge is 2.41. The highest BCUT2D eigenvalue weighted by atomic mass is 19.4. The normalized spacial score (nSPS) is 20.6. The number of aromatic nitrogens is 2. The molecule has 2 aliphatic rings. The molecule has 202 valence electrons. The second-order valence-corrected chi connectivity index (χ2v) is 9.54. The van der Waals surface area contributed by atoms with E-state index in [0.717, 1.165) is 5.56 Å². The van der Waals surface area contributed by atoms with E-state index in [0.29, 0.717) is 23.7 Å². The molecule has 1 N–H and O–H groups in total. The zero-order valence-electron chi connectivity index (χ0n) is 21.0. The lowest BCUT2D eigenvalue weighted by Gasteiger charge is -2.36. The van der Waals surface area contributed by atoms with Crippen molar-refractivity contribution in [3.8, 4) is 11.8 Å². The summed E-state index contributed by atoms with van der Waals surface area (Å²) in [7, 11) is 1.44. The number of carbonyl (C=O) groups is 2. The molecule has 2 heterocycles. The monoisotopic (exact) mass is 539 g/mol. The first-order valence-corrected chi connectivity index (χ1v) is 12.2. The number of rotatable bonds is 6. The minimum absolute atomic E-state index is 0.0443. The number of methoxy groups -OCH3 is 1. The fourth-order valence-electron chi connectivity index (χ4n) is 5.04. The van der Waals surface area contributed by atoms with Crippen molar-refractivity contribution in [2.75, 3.05) is 17.3 Å². The number of amides is 2. The van der Waals surface area contributed by atoms with Crippen molar-refractivity contribution in [3.63, 3.8) is 0 Å². The van der Waals surface area contributed by atoms with Crippen LogP contribution in [0.15, 0.2) is 48.7 Å². The van der Waals surface area contributed by atoms with Gasteiger partial charge in [0.05, 0.1) is 43.1 Å². The third-order valence-corrected chi connectivity index (χ3v) is 7.00. The molecule has 9 nitrogen and oxygen atoms in total. The van der Waals surface area contributed by atoms with Crippen molar-refractivity contribution in [2.45, 2.75) is 50.7 Å². The predicted octanol–water partition coefficient (Wildman–Crippen LogP) is 4.85. The van der Waals surface area contributed by atoms with E-state index in [2.05, 4.69) is 15.2 Å². The van der Waals surface area contributed by atoms with Crippen LogP contribution in [0.3, 0.4) is 0 Å². The summed E-state index contributed by atoms with van der Waals surface area (Å²) in [5.41, 5.74) is 2.31. The Labute approximate surface area is 221 Å². The number of anilines is 2. The summed E-state index contributed by atoms with van der Waals surface area (Å²) in [6.45, 7) is 2.22. The summed E-state index contributed by atoms with van der Waals surface area (Å²) < 4.78 is 47.9. The van der Waals surface area contributed by atoms with Gasteiger partial charge in [-0.2, -0.15) is 10.4 Å². The fraction of sp³-hybridized carbons (Fsp3) is 0.333. The Morgan fingerprint density at radius 2 is 1.90 bits per heavy atom. The Morgan fingerprint density at radius 1 is 1.18 bits per heavy atom. The maximum Gasteiger partial charge on any atom is 0.522 e. The van der Waals surface area contributed by atoms with Crippen molar-refractivity contribution >= 4 is 23.2 Å². The molecule has 0 spiro atoms. The number of halogens is 3. The lowest BCUT2D eigenvalue weighted by molar-refractivity contribution is -0.351. The number of nitrogens with one attached hydrogen (secondary N) is 1. The van der Waals surface area contributed by atoms with Crippen molar-refractivity contribution in [1.29, 1.82) is 5.26 Å². The lowest BCUT2D eigenvalue weighted by atomic mass is 9.77. The highest BCUT2D eigenvalue weighted by Crippen LogP contribution is 2.42. The largest absolute Gasteiger partial charge is 0.522 e. The minimum atomic E-state index is -4.64. The van der Waals surface area contributed by atoms with Crippen molar-refractivity contribution < 1.29 is 32.2 Å². The summed E-state index contributed by atoms with van der Waals surface area (Å²) in [6.07, 6.45) is -3.58. The van der Waals surface area contributed by atoms with Gasteiger partial charge in [-0.1, -0.05) is 12.1 Å². The van der Waals surface area contributed by atoms with Gasteiger partial charge in [-0.25, -0.2) is 0 Å². The summed E-state index contributed by atoms with van der Waals surface area (Å²) in [6, 6.07) is 13.5. The van der Waals surface area contributed by atoms with Gasteiger partial charge in [0, 0.05) is 11.4 Å². The third-order valence-electron chi connectivity index (χ3n) is 7.00. The minimum Gasteiger partial charge on any atom is -0.495 e. The van der Waals surface area contributed by atoms with Crippen LogP contribution >= 0.6 is 0 Å². The van der Waals surface area contributed by atoms with E-state index < -0.39 is 24.3 Å². The van der Waals surface area contributed by atoms with Gasteiger partial charge in [-0.05, 0) is 61.6 Å². The van der Waals surface area contributed by atoms with Crippen LogP contribution in [0.25, 0.3) is 0 Å². The van der Waals surface area contributed by atoms with E-state index in [4.69, 9.17) is 4.74 Å². The zero-order valence-corrected chi connectivity index (χ0v) is 21.0. The number of nitriles is 1. The maximum absolute atomic E-state index is 13.6. The molecule has 1 fully saturated rings. The zero-order chi connectivity index (χ0) is 27.9.